The van der Waals surface area contributed by atoms with Crippen molar-refractivity contribution >= 4 is 5.97 Å². The first-order chi connectivity index (χ1) is 6.92. The fourth-order valence-electron chi connectivity index (χ4n) is 1.29. The van der Waals surface area contributed by atoms with Gasteiger partial charge >= 0.3 is 5.97 Å². The highest BCUT2D eigenvalue weighted by molar-refractivity contribution is 5.66. The Balaban J connectivity index is 3.09. The third-order valence-electron chi connectivity index (χ3n) is 2.30. The lowest BCUT2D eigenvalue weighted by molar-refractivity contribution is -0.137. The van der Waals surface area contributed by atoms with E-state index in [1.165, 1.54) is 6.42 Å². The lowest BCUT2D eigenvalue weighted by Gasteiger charge is -2.17. The summed E-state index contributed by atoms with van der Waals surface area (Å²) in [5.41, 5.74) is 0.399. The number of carboxylic acid groups (broad SMARTS) is 1. The number of unbranched alkanes of at least 4 members (excludes halogenated alkanes) is 2. The number of nitrogens with one attached hydrogen (secondary N) is 1. The molecule has 0 amide bonds. The minimum Gasteiger partial charge on any atom is -0.481 e. The highest BCUT2D eigenvalue weighted by Gasteiger charge is 2.08. The third kappa shape index (κ3) is 13.4. The fraction of sp³-hybridized carbons (Fsp3) is 0.917. The van der Waals surface area contributed by atoms with Crippen molar-refractivity contribution in [1.29, 1.82) is 0 Å². The quantitative estimate of drug-likeness (QED) is 0.612. The molecule has 15 heavy (non-hydrogen) atoms. The summed E-state index contributed by atoms with van der Waals surface area (Å²) in [6.45, 7) is 8.78. The van der Waals surface area contributed by atoms with Crippen LogP contribution in [-0.2, 0) is 4.79 Å². The summed E-state index contributed by atoms with van der Waals surface area (Å²) in [6, 6.07) is 0. The van der Waals surface area contributed by atoms with Crippen LogP contribution >= 0.6 is 0 Å². The average molecular weight is 215 g/mol. The molecule has 0 aromatic carbocycles. The Kier molecular flexibility index (Phi) is 7.39. The molecule has 0 rings (SSSR count). The van der Waals surface area contributed by atoms with E-state index in [1.807, 2.05) is 0 Å². The summed E-state index contributed by atoms with van der Waals surface area (Å²) in [5, 5.41) is 11.8. The summed E-state index contributed by atoms with van der Waals surface area (Å²) in [4.78, 5) is 10.2. The number of hydrogen-bond acceptors (Lipinski definition) is 2. The predicted octanol–water partition coefficient (Wildman–Crippen LogP) is 2.66. The molecule has 0 aromatic heterocycles. The van der Waals surface area contributed by atoms with E-state index in [-0.39, 0.29) is 0 Å². The second-order valence-corrected chi connectivity index (χ2v) is 5.27. The SMILES string of the molecule is CC(C)(C)CCNCCCCCC(=O)O. The highest BCUT2D eigenvalue weighted by Crippen LogP contribution is 2.16. The number of carboxylic acids is 1. The van der Waals surface area contributed by atoms with Crippen LogP contribution < -0.4 is 5.32 Å². The summed E-state index contributed by atoms with van der Waals surface area (Å²) >= 11 is 0. The second-order valence-electron chi connectivity index (χ2n) is 5.27. The Morgan fingerprint density at radius 1 is 1.13 bits per heavy atom. The molecule has 0 aliphatic carbocycles. The molecule has 3 heteroatoms. The van der Waals surface area contributed by atoms with Crippen molar-refractivity contribution in [2.24, 2.45) is 5.41 Å². The smallest absolute Gasteiger partial charge is 0.303 e. The molecule has 0 spiro atoms. The van der Waals surface area contributed by atoms with Crippen LogP contribution in [0.1, 0.15) is 52.9 Å². The summed E-state index contributed by atoms with van der Waals surface area (Å²) in [7, 11) is 0. The first-order valence-corrected chi connectivity index (χ1v) is 5.84. The zero-order valence-electron chi connectivity index (χ0n) is 10.3. The lowest BCUT2D eigenvalue weighted by Crippen LogP contribution is -2.21. The Morgan fingerprint density at radius 3 is 2.33 bits per heavy atom. The molecule has 0 unspecified atom stereocenters. The molecule has 0 fully saturated rings. The van der Waals surface area contributed by atoms with Crippen molar-refractivity contribution in [3.05, 3.63) is 0 Å². The van der Waals surface area contributed by atoms with Gasteiger partial charge in [-0.2, -0.15) is 0 Å². The molecule has 0 aliphatic rings. The second kappa shape index (κ2) is 7.69. The Hall–Kier alpha value is -0.570. The van der Waals surface area contributed by atoms with Crippen LogP contribution in [0, 0.1) is 5.41 Å². The van der Waals surface area contributed by atoms with E-state index in [9.17, 15) is 4.79 Å². The molecule has 0 aliphatic heterocycles. The average Bonchev–Trinajstić information content (AvgIpc) is 2.07. The highest BCUT2D eigenvalue weighted by atomic mass is 16.4. The minimum atomic E-state index is -0.685. The fourth-order valence-corrected chi connectivity index (χ4v) is 1.29. The van der Waals surface area contributed by atoms with E-state index in [0.717, 1.165) is 32.4 Å². The van der Waals surface area contributed by atoms with E-state index >= 15 is 0 Å². The molecule has 3 nitrogen and oxygen atoms in total. The topological polar surface area (TPSA) is 49.3 Å². The minimum absolute atomic E-state index is 0.308. The van der Waals surface area contributed by atoms with Gasteiger partial charge in [0.25, 0.3) is 0 Å². The number of hydrogen-bond donors (Lipinski definition) is 2. The van der Waals surface area contributed by atoms with Gasteiger partial charge in [0.2, 0.25) is 0 Å². The van der Waals surface area contributed by atoms with Gasteiger partial charge in [-0.3, -0.25) is 4.79 Å². The standard InChI is InChI=1S/C12H25NO2/c1-12(2,3)8-10-13-9-6-4-5-7-11(14)15/h13H,4-10H2,1-3H3,(H,14,15). The van der Waals surface area contributed by atoms with E-state index in [1.54, 1.807) is 0 Å². The molecule has 0 bridgehead atoms. The number of rotatable bonds is 8. The van der Waals surface area contributed by atoms with Crippen molar-refractivity contribution in [3.63, 3.8) is 0 Å². The van der Waals surface area contributed by atoms with E-state index in [4.69, 9.17) is 5.11 Å². The summed E-state index contributed by atoms with van der Waals surface area (Å²) in [5.74, 6) is -0.685. The molecule has 0 aromatic rings. The van der Waals surface area contributed by atoms with Crippen LogP contribution in [0.3, 0.4) is 0 Å². The van der Waals surface area contributed by atoms with Crippen LogP contribution in [-0.4, -0.2) is 24.2 Å². The van der Waals surface area contributed by atoms with E-state index in [0.29, 0.717) is 11.8 Å². The number of aliphatic carboxylic acids is 1. The van der Waals surface area contributed by atoms with Crippen molar-refractivity contribution in [2.75, 3.05) is 13.1 Å². The number of carbonyl (C=O) groups is 1. The normalized spacial score (nSPS) is 11.7. The maximum atomic E-state index is 10.2. The van der Waals surface area contributed by atoms with E-state index < -0.39 is 5.97 Å². The zero-order valence-corrected chi connectivity index (χ0v) is 10.3. The van der Waals surface area contributed by atoms with Gasteiger partial charge in [0.05, 0.1) is 0 Å². The molecule has 0 saturated carbocycles. The van der Waals surface area contributed by atoms with Gasteiger partial charge in [-0.25, -0.2) is 0 Å². The third-order valence-corrected chi connectivity index (χ3v) is 2.30. The van der Waals surface area contributed by atoms with Gasteiger partial charge in [0.15, 0.2) is 0 Å². The van der Waals surface area contributed by atoms with Gasteiger partial charge in [-0.05, 0) is 37.8 Å². The van der Waals surface area contributed by atoms with Crippen LogP contribution in [0.4, 0.5) is 0 Å². The summed E-state index contributed by atoms with van der Waals surface area (Å²) in [6.07, 6.45) is 4.38. The molecule has 0 heterocycles. The van der Waals surface area contributed by atoms with Gasteiger partial charge < -0.3 is 10.4 Å². The Labute approximate surface area is 93.3 Å². The molecule has 2 N–H and O–H groups in total. The lowest BCUT2D eigenvalue weighted by atomic mass is 9.92. The maximum Gasteiger partial charge on any atom is 0.303 e. The zero-order chi connectivity index (χ0) is 11.7. The summed E-state index contributed by atoms with van der Waals surface area (Å²) < 4.78 is 0. The molecule has 0 saturated heterocycles. The van der Waals surface area contributed by atoms with Crippen LogP contribution in [0.2, 0.25) is 0 Å². The monoisotopic (exact) mass is 215 g/mol. The molecule has 0 radical (unpaired) electrons. The van der Waals surface area contributed by atoms with Crippen molar-refractivity contribution in [3.8, 4) is 0 Å². The molecular weight excluding hydrogens is 190 g/mol. The largest absolute Gasteiger partial charge is 0.481 e. The molecule has 90 valence electrons. The Bertz CT molecular complexity index is 173. The van der Waals surface area contributed by atoms with E-state index in [2.05, 4.69) is 26.1 Å². The van der Waals surface area contributed by atoms with Gasteiger partial charge in [0, 0.05) is 6.42 Å². The van der Waals surface area contributed by atoms with Crippen molar-refractivity contribution in [1.82, 2.24) is 5.32 Å². The van der Waals surface area contributed by atoms with Crippen LogP contribution in [0.25, 0.3) is 0 Å². The van der Waals surface area contributed by atoms with Crippen molar-refractivity contribution in [2.45, 2.75) is 52.9 Å². The molecule has 0 atom stereocenters. The first kappa shape index (κ1) is 14.4. The van der Waals surface area contributed by atoms with Crippen LogP contribution in [0.15, 0.2) is 0 Å². The van der Waals surface area contributed by atoms with Crippen molar-refractivity contribution < 1.29 is 9.90 Å². The maximum absolute atomic E-state index is 10.2. The van der Waals surface area contributed by atoms with Gasteiger partial charge in [-0.1, -0.05) is 27.2 Å². The molecular formula is C12H25NO2. The predicted molar refractivity (Wildman–Crippen MR) is 63.0 cm³/mol. The van der Waals surface area contributed by atoms with Gasteiger partial charge in [-0.15, -0.1) is 0 Å². The first-order valence-electron chi connectivity index (χ1n) is 5.84. The van der Waals surface area contributed by atoms with Gasteiger partial charge in [0.1, 0.15) is 0 Å². The van der Waals surface area contributed by atoms with Crippen LogP contribution in [0.5, 0.6) is 0 Å². The Morgan fingerprint density at radius 2 is 1.80 bits per heavy atom.